The van der Waals surface area contributed by atoms with Crippen LogP contribution in [0.1, 0.15) is 44.2 Å². The van der Waals surface area contributed by atoms with E-state index in [1.54, 1.807) is 18.0 Å². The number of fused-ring (bicyclic) bond motifs is 1. The molecular formula is C28H35ClN4O. The Hall–Kier alpha value is -2.21. The van der Waals surface area contributed by atoms with E-state index in [4.69, 9.17) is 11.6 Å². The zero-order chi connectivity index (χ0) is 23.7. The molecule has 2 N–H and O–H groups in total. The maximum Gasteiger partial charge on any atom is 0.237 e. The molecular weight excluding hydrogens is 444 g/mol. The minimum Gasteiger partial charge on any atom is -0.351 e. The number of hydrogen-bond donors (Lipinski definition) is 2. The van der Waals surface area contributed by atoms with Crippen LogP contribution in [0.5, 0.6) is 0 Å². The number of hydrogen-bond acceptors (Lipinski definition) is 4. The number of halogens is 1. The quantitative estimate of drug-likeness (QED) is 0.545. The number of carbonyl (C=O) groups excluding carboxylic acids is 1. The Morgan fingerprint density at radius 1 is 1.15 bits per heavy atom. The second-order valence-corrected chi connectivity index (χ2v) is 11.2. The molecule has 2 aromatic rings. The average Bonchev–Trinajstić information content (AvgIpc) is 3.26. The summed E-state index contributed by atoms with van der Waals surface area (Å²) in [5.41, 5.74) is 4.20. The normalized spacial score (nSPS) is 27.7. The minimum atomic E-state index is -0.158. The van der Waals surface area contributed by atoms with Gasteiger partial charge in [0, 0.05) is 49.6 Å². The van der Waals surface area contributed by atoms with Crippen LogP contribution >= 0.6 is 11.6 Å². The maximum atomic E-state index is 13.2. The molecule has 180 valence electrons. The van der Waals surface area contributed by atoms with E-state index in [0.29, 0.717) is 23.9 Å². The lowest BCUT2D eigenvalue weighted by molar-refractivity contribution is -0.125. The maximum absolute atomic E-state index is 13.2. The van der Waals surface area contributed by atoms with Gasteiger partial charge in [-0.3, -0.25) is 14.7 Å². The molecule has 6 heteroatoms. The van der Waals surface area contributed by atoms with Crippen LogP contribution in [0, 0.1) is 17.3 Å². The number of aromatic nitrogens is 1. The van der Waals surface area contributed by atoms with Crippen LogP contribution in [-0.4, -0.2) is 41.0 Å². The lowest BCUT2D eigenvalue weighted by Gasteiger charge is -2.56. The predicted molar refractivity (Wildman–Crippen MR) is 136 cm³/mol. The van der Waals surface area contributed by atoms with Gasteiger partial charge in [-0.25, -0.2) is 0 Å². The standard InChI is InChI=1S/C28H35ClN4O/c1-28(2)22-8-7-21(25(28)12-22)16-31-24-13-26(27(34)32-15-20-4-3-11-30-14-20)33(18-24)17-19-5-9-23(29)10-6-19/h3-7,9-11,14,22,24-26,31H,8,12-13,15-18H2,1-2H3,(H,32,34)/t22-,24-,25-,26-/m0/s1. The molecule has 2 heterocycles. The summed E-state index contributed by atoms with van der Waals surface area (Å²) in [5.74, 6) is 1.65. The Morgan fingerprint density at radius 3 is 2.68 bits per heavy atom. The van der Waals surface area contributed by atoms with Gasteiger partial charge >= 0.3 is 0 Å². The summed E-state index contributed by atoms with van der Waals surface area (Å²) >= 11 is 6.08. The number of carbonyl (C=O) groups is 1. The molecule has 6 rings (SSSR count). The summed E-state index contributed by atoms with van der Waals surface area (Å²) in [5, 5.41) is 7.68. The van der Waals surface area contributed by atoms with E-state index < -0.39 is 0 Å². The van der Waals surface area contributed by atoms with E-state index in [1.165, 1.54) is 18.4 Å². The van der Waals surface area contributed by atoms with Crippen LogP contribution in [0.3, 0.4) is 0 Å². The Morgan fingerprint density at radius 2 is 1.97 bits per heavy atom. The molecule has 1 amide bonds. The largest absolute Gasteiger partial charge is 0.351 e. The molecule has 34 heavy (non-hydrogen) atoms. The van der Waals surface area contributed by atoms with Crippen molar-refractivity contribution in [2.24, 2.45) is 17.3 Å². The molecule has 1 aromatic carbocycles. The zero-order valence-electron chi connectivity index (χ0n) is 20.1. The Labute approximate surface area is 208 Å². The van der Waals surface area contributed by atoms with E-state index in [-0.39, 0.29) is 11.9 Å². The third kappa shape index (κ3) is 4.93. The van der Waals surface area contributed by atoms with Gasteiger partial charge in [-0.05, 0) is 65.8 Å². The summed E-state index contributed by atoms with van der Waals surface area (Å²) in [6, 6.07) is 12.0. The van der Waals surface area contributed by atoms with Gasteiger partial charge in [0.2, 0.25) is 5.91 Å². The van der Waals surface area contributed by atoms with Crippen molar-refractivity contribution in [3.05, 3.63) is 76.6 Å². The summed E-state index contributed by atoms with van der Waals surface area (Å²) in [4.78, 5) is 19.7. The zero-order valence-corrected chi connectivity index (χ0v) is 20.9. The van der Waals surface area contributed by atoms with E-state index in [0.717, 1.165) is 42.6 Å². The van der Waals surface area contributed by atoms with Gasteiger partial charge in [0.05, 0.1) is 6.04 Å². The predicted octanol–water partition coefficient (Wildman–Crippen LogP) is 4.58. The van der Waals surface area contributed by atoms with Crippen LogP contribution in [0.2, 0.25) is 5.02 Å². The van der Waals surface area contributed by atoms with Crippen molar-refractivity contribution < 1.29 is 4.79 Å². The number of amides is 1. The fourth-order valence-corrected chi connectivity index (χ4v) is 6.20. The van der Waals surface area contributed by atoms with Crippen LogP contribution in [-0.2, 0) is 17.9 Å². The number of rotatable bonds is 8. The lowest BCUT2D eigenvalue weighted by Crippen LogP contribution is -2.50. The van der Waals surface area contributed by atoms with E-state index in [2.05, 4.69) is 52.6 Å². The van der Waals surface area contributed by atoms with Crippen LogP contribution in [0.4, 0.5) is 0 Å². The third-order valence-electron chi connectivity index (χ3n) is 8.37. The minimum absolute atomic E-state index is 0.0852. The van der Waals surface area contributed by atoms with Gasteiger partial charge in [-0.15, -0.1) is 0 Å². The van der Waals surface area contributed by atoms with Gasteiger partial charge in [0.1, 0.15) is 0 Å². The molecule has 2 bridgehead atoms. The van der Waals surface area contributed by atoms with Crippen molar-refractivity contribution in [1.29, 1.82) is 0 Å². The van der Waals surface area contributed by atoms with Crippen molar-refractivity contribution in [3.8, 4) is 0 Å². The molecule has 3 aliphatic carbocycles. The molecule has 2 fully saturated rings. The van der Waals surface area contributed by atoms with E-state index in [9.17, 15) is 4.79 Å². The van der Waals surface area contributed by atoms with E-state index >= 15 is 0 Å². The summed E-state index contributed by atoms with van der Waals surface area (Å²) < 4.78 is 0. The molecule has 5 nitrogen and oxygen atoms in total. The molecule has 0 spiro atoms. The first-order valence-electron chi connectivity index (χ1n) is 12.5. The summed E-state index contributed by atoms with van der Waals surface area (Å²) in [7, 11) is 0. The smallest absolute Gasteiger partial charge is 0.237 e. The fraction of sp³-hybridized carbons (Fsp3) is 0.500. The van der Waals surface area contributed by atoms with Crippen molar-refractivity contribution in [1.82, 2.24) is 20.5 Å². The summed E-state index contributed by atoms with van der Waals surface area (Å²) in [6.07, 6.45) is 9.39. The molecule has 1 aliphatic heterocycles. The van der Waals surface area contributed by atoms with Crippen LogP contribution in [0.15, 0.2) is 60.4 Å². The molecule has 1 saturated carbocycles. The Balaban J connectivity index is 1.23. The van der Waals surface area contributed by atoms with Crippen molar-refractivity contribution in [3.63, 3.8) is 0 Å². The second kappa shape index (κ2) is 9.80. The van der Waals surface area contributed by atoms with Gasteiger partial charge < -0.3 is 10.6 Å². The first kappa shape index (κ1) is 23.5. The highest BCUT2D eigenvalue weighted by molar-refractivity contribution is 6.30. The van der Waals surface area contributed by atoms with Crippen LogP contribution in [0.25, 0.3) is 0 Å². The number of likely N-dealkylation sites (tertiary alicyclic amines) is 1. The number of benzene rings is 1. The first-order valence-corrected chi connectivity index (χ1v) is 12.9. The molecule has 1 saturated heterocycles. The monoisotopic (exact) mass is 478 g/mol. The van der Waals surface area contributed by atoms with E-state index in [1.807, 2.05) is 24.3 Å². The van der Waals surface area contributed by atoms with Crippen molar-refractivity contribution >= 4 is 17.5 Å². The molecule has 1 aromatic heterocycles. The van der Waals surface area contributed by atoms with Gasteiger partial charge in [-0.2, -0.15) is 0 Å². The topological polar surface area (TPSA) is 57.3 Å². The highest BCUT2D eigenvalue weighted by Crippen LogP contribution is 2.59. The number of nitrogens with one attached hydrogen (secondary N) is 2. The highest BCUT2D eigenvalue weighted by Gasteiger charge is 2.51. The molecule has 4 atom stereocenters. The van der Waals surface area contributed by atoms with Gasteiger partial charge in [-0.1, -0.05) is 55.3 Å². The summed E-state index contributed by atoms with van der Waals surface area (Å²) in [6.45, 7) is 7.87. The van der Waals surface area contributed by atoms with Gasteiger partial charge in [0.15, 0.2) is 0 Å². The second-order valence-electron chi connectivity index (χ2n) is 10.8. The third-order valence-corrected chi connectivity index (χ3v) is 8.62. The number of nitrogens with zero attached hydrogens (tertiary/aromatic N) is 2. The van der Waals surface area contributed by atoms with Crippen molar-refractivity contribution in [2.45, 2.75) is 58.3 Å². The highest BCUT2D eigenvalue weighted by atomic mass is 35.5. The lowest BCUT2D eigenvalue weighted by atomic mass is 9.49. The Bertz CT molecular complexity index is 1040. The SMILES string of the molecule is CC1(C)[C@H]2CC=C(CN[C@H]3C[C@@H](C(=O)NCc4cccnc4)N(Cc4ccc(Cl)cc4)C3)[C@@H]1C2. The number of pyridine rings is 1. The van der Waals surface area contributed by atoms with Crippen molar-refractivity contribution in [2.75, 3.05) is 13.1 Å². The first-order chi connectivity index (χ1) is 16.4. The van der Waals surface area contributed by atoms with Gasteiger partial charge in [0.25, 0.3) is 0 Å². The van der Waals surface area contributed by atoms with Crippen LogP contribution < -0.4 is 10.6 Å². The molecule has 0 unspecified atom stereocenters. The average molecular weight is 479 g/mol. The molecule has 0 radical (unpaired) electrons. The number of allylic oxidation sites excluding steroid dienone is 1. The molecule has 4 aliphatic rings. The Kier molecular flexibility index (Phi) is 6.79. The fourth-order valence-electron chi connectivity index (χ4n) is 6.07.